The van der Waals surface area contributed by atoms with E-state index >= 15 is 0 Å². The predicted molar refractivity (Wildman–Crippen MR) is 69.5 cm³/mol. The van der Waals surface area contributed by atoms with Gasteiger partial charge in [-0.05, 0) is 6.42 Å². The van der Waals surface area contributed by atoms with Crippen LogP contribution in [0.5, 0.6) is 0 Å². The highest BCUT2D eigenvalue weighted by molar-refractivity contribution is 5.95. The van der Waals surface area contributed by atoms with Gasteiger partial charge in [-0.1, -0.05) is 0 Å². The van der Waals surface area contributed by atoms with E-state index in [2.05, 4.69) is 15.5 Å². The first kappa shape index (κ1) is 15.0. The van der Waals surface area contributed by atoms with Crippen LogP contribution >= 0.6 is 0 Å². The lowest BCUT2D eigenvalue weighted by Crippen LogP contribution is -2.39. The summed E-state index contributed by atoms with van der Waals surface area (Å²) in [7, 11) is 3.14. The number of H-pyrrole nitrogens is 1. The van der Waals surface area contributed by atoms with E-state index < -0.39 is 0 Å². The van der Waals surface area contributed by atoms with Crippen molar-refractivity contribution < 1.29 is 14.3 Å². The highest BCUT2D eigenvalue weighted by Crippen LogP contribution is 2.03. The fraction of sp³-hybridized carbons (Fsp3) is 0.545. The summed E-state index contributed by atoms with van der Waals surface area (Å²) in [6.45, 7) is 1.08. The van der Waals surface area contributed by atoms with E-state index in [1.165, 1.54) is 18.0 Å². The zero-order valence-corrected chi connectivity index (χ0v) is 11.1. The highest BCUT2D eigenvalue weighted by atomic mass is 16.5. The number of nitrogens with one attached hydrogen (secondary N) is 2. The van der Waals surface area contributed by atoms with Crippen molar-refractivity contribution in [3.05, 3.63) is 11.8 Å². The predicted octanol–water partition coefficient (Wildman–Crippen LogP) is -0.783. The van der Waals surface area contributed by atoms with E-state index in [9.17, 15) is 9.59 Å². The summed E-state index contributed by atoms with van der Waals surface area (Å²) < 4.78 is 4.86. The van der Waals surface area contributed by atoms with Gasteiger partial charge in [0.25, 0.3) is 5.91 Å². The number of nitrogen functional groups attached to an aromatic ring is 1. The Morgan fingerprint density at radius 1 is 1.58 bits per heavy atom. The zero-order chi connectivity index (χ0) is 14.3. The van der Waals surface area contributed by atoms with Crippen LogP contribution in [0.15, 0.2) is 6.07 Å². The van der Waals surface area contributed by atoms with Crippen LogP contribution in [-0.2, 0) is 9.53 Å². The Morgan fingerprint density at radius 2 is 2.32 bits per heavy atom. The first-order valence-electron chi connectivity index (χ1n) is 5.86. The maximum Gasteiger partial charge on any atom is 0.272 e. The Kier molecular flexibility index (Phi) is 5.80. The molecule has 0 saturated carbocycles. The summed E-state index contributed by atoms with van der Waals surface area (Å²) in [5.74, 6) is -0.323. The molecule has 4 N–H and O–H groups in total. The standard InChI is InChI=1S/C11H19N5O3/c1-16(7-10(17)13-4-3-5-19-2)11(18)8-6-9(12)15-14-8/h6H,3-5,7H2,1-2H3,(H,13,17)(H3,12,14,15). The molecular formula is C11H19N5O3. The Balaban J connectivity index is 2.35. The van der Waals surface area contributed by atoms with Crippen LogP contribution in [0.4, 0.5) is 5.82 Å². The van der Waals surface area contributed by atoms with Crippen molar-refractivity contribution in [2.24, 2.45) is 0 Å². The van der Waals surface area contributed by atoms with Gasteiger partial charge in [0.1, 0.15) is 11.5 Å². The normalized spacial score (nSPS) is 10.2. The summed E-state index contributed by atoms with van der Waals surface area (Å²) in [6, 6.07) is 1.43. The maximum absolute atomic E-state index is 11.9. The molecule has 2 amide bonds. The fourth-order valence-corrected chi connectivity index (χ4v) is 1.44. The largest absolute Gasteiger partial charge is 0.385 e. The van der Waals surface area contributed by atoms with Crippen LogP contribution < -0.4 is 11.1 Å². The molecule has 0 atom stereocenters. The average molecular weight is 269 g/mol. The topological polar surface area (TPSA) is 113 Å². The molecule has 1 aromatic rings. The molecule has 8 heteroatoms. The minimum atomic E-state index is -0.337. The minimum absolute atomic E-state index is 0.0231. The Bertz CT molecular complexity index is 432. The first-order chi connectivity index (χ1) is 9.04. The van der Waals surface area contributed by atoms with Gasteiger partial charge in [-0.15, -0.1) is 0 Å². The molecule has 0 aliphatic rings. The number of ether oxygens (including phenoxy) is 1. The summed E-state index contributed by atoms with van der Waals surface area (Å²) >= 11 is 0. The van der Waals surface area contributed by atoms with Gasteiger partial charge in [0, 0.05) is 33.4 Å². The fourth-order valence-electron chi connectivity index (χ4n) is 1.44. The van der Waals surface area contributed by atoms with Gasteiger partial charge < -0.3 is 20.7 Å². The number of hydrogen-bond acceptors (Lipinski definition) is 5. The molecule has 0 bridgehead atoms. The zero-order valence-electron chi connectivity index (χ0n) is 11.1. The number of rotatable bonds is 7. The number of amides is 2. The molecular weight excluding hydrogens is 250 g/mol. The van der Waals surface area contributed by atoms with E-state index in [1.54, 1.807) is 7.11 Å². The van der Waals surface area contributed by atoms with Crippen molar-refractivity contribution >= 4 is 17.6 Å². The molecule has 0 aromatic carbocycles. The molecule has 0 radical (unpaired) electrons. The van der Waals surface area contributed by atoms with Crippen molar-refractivity contribution in [3.8, 4) is 0 Å². The van der Waals surface area contributed by atoms with E-state index in [0.29, 0.717) is 13.2 Å². The molecule has 0 unspecified atom stereocenters. The van der Waals surface area contributed by atoms with Crippen molar-refractivity contribution in [1.82, 2.24) is 20.4 Å². The average Bonchev–Trinajstić information content (AvgIpc) is 2.80. The number of nitrogens with two attached hydrogens (primary N) is 1. The number of nitrogens with zero attached hydrogens (tertiary/aromatic N) is 2. The second-order valence-electron chi connectivity index (χ2n) is 4.06. The lowest BCUT2D eigenvalue weighted by molar-refractivity contribution is -0.121. The van der Waals surface area contributed by atoms with Crippen LogP contribution in [0.25, 0.3) is 0 Å². The Labute approximate surface area is 111 Å². The molecule has 1 aromatic heterocycles. The summed E-state index contributed by atoms with van der Waals surface area (Å²) in [6.07, 6.45) is 0.733. The summed E-state index contributed by atoms with van der Waals surface area (Å²) in [5, 5.41) is 8.86. The smallest absolute Gasteiger partial charge is 0.272 e. The molecule has 19 heavy (non-hydrogen) atoms. The highest BCUT2D eigenvalue weighted by Gasteiger charge is 2.16. The van der Waals surface area contributed by atoms with Gasteiger partial charge in [-0.2, -0.15) is 5.10 Å². The van der Waals surface area contributed by atoms with E-state index in [-0.39, 0.29) is 29.9 Å². The minimum Gasteiger partial charge on any atom is -0.385 e. The van der Waals surface area contributed by atoms with Crippen molar-refractivity contribution in [2.75, 3.05) is 39.6 Å². The van der Waals surface area contributed by atoms with Gasteiger partial charge in [-0.25, -0.2) is 0 Å². The quantitative estimate of drug-likeness (QED) is 0.562. The molecule has 0 fully saturated rings. The lowest BCUT2D eigenvalue weighted by atomic mass is 10.3. The molecule has 106 valence electrons. The number of carbonyl (C=O) groups is 2. The third kappa shape index (κ3) is 4.96. The summed E-state index contributed by atoms with van der Waals surface area (Å²) in [5.41, 5.74) is 5.66. The van der Waals surface area contributed by atoms with Gasteiger partial charge in [0.15, 0.2) is 0 Å². The Hall–Kier alpha value is -2.09. The van der Waals surface area contributed by atoms with Crippen LogP contribution in [0.1, 0.15) is 16.9 Å². The second kappa shape index (κ2) is 7.37. The monoisotopic (exact) mass is 269 g/mol. The third-order valence-electron chi connectivity index (χ3n) is 2.40. The van der Waals surface area contributed by atoms with Gasteiger partial charge >= 0.3 is 0 Å². The second-order valence-corrected chi connectivity index (χ2v) is 4.06. The molecule has 0 aliphatic carbocycles. The van der Waals surface area contributed by atoms with Crippen LogP contribution in [0, 0.1) is 0 Å². The molecule has 8 nitrogen and oxygen atoms in total. The number of carbonyl (C=O) groups excluding carboxylic acids is 2. The molecule has 0 saturated heterocycles. The van der Waals surface area contributed by atoms with Crippen molar-refractivity contribution in [1.29, 1.82) is 0 Å². The summed E-state index contributed by atoms with van der Waals surface area (Å²) in [4.78, 5) is 24.7. The Morgan fingerprint density at radius 3 is 2.89 bits per heavy atom. The number of anilines is 1. The third-order valence-corrected chi connectivity index (χ3v) is 2.40. The maximum atomic E-state index is 11.9. The SMILES string of the molecule is COCCCNC(=O)CN(C)C(=O)c1cc(N)n[nH]1. The van der Waals surface area contributed by atoms with E-state index in [0.717, 1.165) is 6.42 Å². The molecule has 1 heterocycles. The van der Waals surface area contributed by atoms with Crippen molar-refractivity contribution in [3.63, 3.8) is 0 Å². The number of likely N-dealkylation sites (N-methyl/N-ethyl adjacent to an activating group) is 1. The number of hydrogen-bond donors (Lipinski definition) is 3. The van der Waals surface area contributed by atoms with E-state index in [4.69, 9.17) is 10.5 Å². The number of methoxy groups -OCH3 is 1. The number of aromatic nitrogens is 2. The van der Waals surface area contributed by atoms with Gasteiger partial charge in [0.2, 0.25) is 5.91 Å². The molecule has 0 spiro atoms. The van der Waals surface area contributed by atoms with Gasteiger partial charge in [0.05, 0.1) is 6.54 Å². The molecule has 0 aliphatic heterocycles. The van der Waals surface area contributed by atoms with Crippen LogP contribution in [-0.4, -0.2) is 60.8 Å². The van der Waals surface area contributed by atoms with Crippen LogP contribution in [0.2, 0.25) is 0 Å². The molecule has 1 rings (SSSR count). The number of aromatic amines is 1. The van der Waals surface area contributed by atoms with Crippen LogP contribution in [0.3, 0.4) is 0 Å². The first-order valence-corrected chi connectivity index (χ1v) is 5.86. The van der Waals surface area contributed by atoms with Crippen molar-refractivity contribution in [2.45, 2.75) is 6.42 Å². The van der Waals surface area contributed by atoms with E-state index in [1.807, 2.05) is 0 Å². The lowest BCUT2D eigenvalue weighted by Gasteiger charge is -2.15. The van der Waals surface area contributed by atoms with Gasteiger partial charge in [-0.3, -0.25) is 14.7 Å².